The molecular formula is C48H41FN2O5. The van der Waals surface area contributed by atoms with Gasteiger partial charge in [0.2, 0.25) is 0 Å². The van der Waals surface area contributed by atoms with E-state index in [0.29, 0.717) is 0 Å². The van der Waals surface area contributed by atoms with Gasteiger partial charge in [-0.05, 0) is 33.4 Å². The van der Waals surface area contributed by atoms with E-state index in [1.807, 2.05) is 182 Å². The number of aromatic nitrogens is 2. The maximum absolute atomic E-state index is 17.7. The molecule has 2 heterocycles. The second-order valence-corrected chi connectivity index (χ2v) is 13.9. The smallest absolute Gasteiger partial charge is 0.332 e. The van der Waals surface area contributed by atoms with E-state index in [1.54, 1.807) is 0 Å². The van der Waals surface area contributed by atoms with Gasteiger partial charge in [-0.3, -0.25) is 13.9 Å². The minimum Gasteiger partial charge on any atom is -0.358 e. The summed E-state index contributed by atoms with van der Waals surface area (Å²) in [6.45, 7) is -0.144. The normalized spacial score (nSPS) is 18.5. The molecule has 0 unspecified atom stereocenters. The Labute approximate surface area is 324 Å². The molecule has 1 aliphatic heterocycles. The molecule has 1 fully saturated rings. The van der Waals surface area contributed by atoms with Gasteiger partial charge < -0.3 is 14.2 Å². The fourth-order valence-electron chi connectivity index (χ4n) is 7.88. The largest absolute Gasteiger partial charge is 0.358 e. The van der Waals surface area contributed by atoms with Crippen LogP contribution in [0.4, 0.5) is 4.39 Å². The molecule has 1 aliphatic rings. The lowest BCUT2D eigenvalue weighted by atomic mass is 9.79. The number of halogens is 1. The summed E-state index contributed by atoms with van der Waals surface area (Å²) in [4.78, 5) is 26.0. The summed E-state index contributed by atoms with van der Waals surface area (Å²) in [6.07, 6.45) is -4.38. The molecule has 7 nitrogen and oxygen atoms in total. The van der Waals surface area contributed by atoms with Crippen molar-refractivity contribution in [1.82, 2.24) is 9.13 Å². The summed E-state index contributed by atoms with van der Waals surface area (Å²) in [5.74, 6) is 0. The maximum Gasteiger partial charge on any atom is 0.332 e. The minimum absolute atomic E-state index is 0.144. The first-order valence-corrected chi connectivity index (χ1v) is 18.7. The van der Waals surface area contributed by atoms with E-state index in [2.05, 4.69) is 0 Å². The van der Waals surface area contributed by atoms with E-state index in [9.17, 15) is 9.59 Å². The summed E-state index contributed by atoms with van der Waals surface area (Å²) in [5.41, 5.74) is 1.23. The molecular weight excluding hydrogens is 704 g/mol. The topological polar surface area (TPSA) is 71.7 Å². The van der Waals surface area contributed by atoms with Crippen LogP contribution in [-0.2, 0) is 32.5 Å². The van der Waals surface area contributed by atoms with Crippen LogP contribution < -0.4 is 11.2 Å². The van der Waals surface area contributed by atoms with Crippen molar-refractivity contribution in [3.8, 4) is 0 Å². The summed E-state index contributed by atoms with van der Waals surface area (Å²) < 4.78 is 41.0. The first-order chi connectivity index (χ1) is 27.4. The van der Waals surface area contributed by atoms with Crippen LogP contribution in [0.25, 0.3) is 0 Å². The maximum atomic E-state index is 17.7. The van der Waals surface area contributed by atoms with Gasteiger partial charge in [-0.2, -0.15) is 0 Å². The Hall–Kier alpha value is -6.19. The zero-order valence-electron chi connectivity index (χ0n) is 30.8. The van der Waals surface area contributed by atoms with Crippen LogP contribution in [0.1, 0.15) is 39.6 Å². The zero-order chi connectivity index (χ0) is 38.5. The first-order valence-electron chi connectivity index (χ1n) is 18.7. The molecule has 0 amide bonds. The van der Waals surface area contributed by atoms with Crippen LogP contribution in [0.15, 0.2) is 204 Å². The Bertz CT molecular complexity index is 2270. The third kappa shape index (κ3) is 6.62. The first kappa shape index (κ1) is 36.8. The number of alkyl halides is 1. The standard InChI is InChI=1S/C48H41FN2O5/c1-50-42(52)32-33-51(46(50)53)45-43(49)44(56-48(38-26-14-5-15-27-38,39-28-16-6-17-29-39)40-30-18-7-19-31-40)41(55-45)34-54-47(35-20-8-2-9-21-35,36-22-10-3-11-23-36)37-24-12-4-13-25-37/h2-33,41,43-45H,34H2,1H3/t41-,43-,44-,45-/m1/s1. The highest BCUT2D eigenvalue weighted by Crippen LogP contribution is 2.47. The summed E-state index contributed by atoms with van der Waals surface area (Å²) in [6, 6.07) is 60.1. The van der Waals surface area contributed by atoms with Gasteiger partial charge in [-0.15, -0.1) is 0 Å². The molecule has 280 valence electrons. The van der Waals surface area contributed by atoms with Crippen molar-refractivity contribution in [2.45, 2.75) is 35.8 Å². The highest BCUT2D eigenvalue weighted by atomic mass is 19.1. The van der Waals surface area contributed by atoms with E-state index >= 15 is 4.39 Å². The number of benzene rings is 6. The molecule has 0 saturated carbocycles. The van der Waals surface area contributed by atoms with Crippen molar-refractivity contribution in [3.63, 3.8) is 0 Å². The van der Waals surface area contributed by atoms with E-state index in [0.717, 1.165) is 42.5 Å². The van der Waals surface area contributed by atoms with E-state index in [1.165, 1.54) is 19.3 Å². The van der Waals surface area contributed by atoms with Gasteiger partial charge >= 0.3 is 5.69 Å². The van der Waals surface area contributed by atoms with Crippen molar-refractivity contribution >= 4 is 0 Å². The van der Waals surface area contributed by atoms with E-state index in [4.69, 9.17) is 14.2 Å². The van der Waals surface area contributed by atoms with Gasteiger partial charge in [-0.1, -0.05) is 182 Å². The molecule has 8 heteroatoms. The summed E-state index contributed by atoms with van der Waals surface area (Å²) in [5, 5.41) is 0. The predicted molar refractivity (Wildman–Crippen MR) is 214 cm³/mol. The Morgan fingerprint density at radius 2 is 0.911 bits per heavy atom. The highest BCUT2D eigenvalue weighted by Gasteiger charge is 2.53. The van der Waals surface area contributed by atoms with Gasteiger partial charge in [0, 0.05) is 19.3 Å². The molecule has 8 rings (SSSR count). The third-order valence-corrected chi connectivity index (χ3v) is 10.6. The van der Waals surface area contributed by atoms with Gasteiger partial charge in [0.25, 0.3) is 5.56 Å². The minimum atomic E-state index is -1.88. The monoisotopic (exact) mass is 744 g/mol. The van der Waals surface area contributed by atoms with Crippen LogP contribution in [0.2, 0.25) is 0 Å². The van der Waals surface area contributed by atoms with Crippen molar-refractivity contribution in [2.24, 2.45) is 7.05 Å². The number of ether oxygens (including phenoxy) is 3. The Balaban J connectivity index is 1.30. The lowest BCUT2D eigenvalue weighted by molar-refractivity contribution is -0.128. The molecule has 56 heavy (non-hydrogen) atoms. The van der Waals surface area contributed by atoms with Gasteiger partial charge in [-0.25, -0.2) is 9.18 Å². The second-order valence-electron chi connectivity index (χ2n) is 13.9. The predicted octanol–water partition coefficient (Wildman–Crippen LogP) is 8.17. The van der Waals surface area contributed by atoms with Crippen molar-refractivity contribution < 1.29 is 18.6 Å². The second kappa shape index (κ2) is 15.9. The molecule has 6 aromatic carbocycles. The molecule has 0 aliphatic carbocycles. The van der Waals surface area contributed by atoms with Gasteiger partial charge in [0.15, 0.2) is 12.4 Å². The molecule has 4 atom stereocenters. The Kier molecular flexibility index (Phi) is 10.4. The van der Waals surface area contributed by atoms with Crippen molar-refractivity contribution in [2.75, 3.05) is 6.61 Å². The lowest BCUT2D eigenvalue weighted by Crippen LogP contribution is -2.46. The fourth-order valence-corrected chi connectivity index (χ4v) is 7.88. The molecule has 0 N–H and O–H groups in total. The van der Waals surface area contributed by atoms with Gasteiger partial charge in [0.1, 0.15) is 23.4 Å². The van der Waals surface area contributed by atoms with Crippen molar-refractivity contribution in [1.29, 1.82) is 0 Å². The molecule has 7 aromatic rings. The van der Waals surface area contributed by atoms with Crippen LogP contribution in [0, 0.1) is 0 Å². The number of hydrogen-bond donors (Lipinski definition) is 0. The SMILES string of the molecule is Cn1c(=O)ccn([C@@H]2O[C@H](COC(c3ccccc3)(c3ccccc3)c3ccccc3)[C@@H](OC(c3ccccc3)(c3ccccc3)c3ccccc3)[C@H]2F)c1=O. The van der Waals surface area contributed by atoms with E-state index in [-0.39, 0.29) is 6.61 Å². The summed E-state index contributed by atoms with van der Waals surface area (Å²) >= 11 is 0. The average molecular weight is 745 g/mol. The fraction of sp³-hybridized carbons (Fsp3) is 0.167. The molecule has 0 spiro atoms. The van der Waals surface area contributed by atoms with Crippen LogP contribution in [0.3, 0.4) is 0 Å². The molecule has 1 aromatic heterocycles. The quantitative estimate of drug-likeness (QED) is 0.118. The molecule has 1 saturated heterocycles. The number of nitrogens with zero attached hydrogens (tertiary/aromatic N) is 2. The Morgan fingerprint density at radius 3 is 1.29 bits per heavy atom. The highest BCUT2D eigenvalue weighted by molar-refractivity contribution is 5.49. The van der Waals surface area contributed by atoms with Crippen LogP contribution in [0.5, 0.6) is 0 Å². The third-order valence-electron chi connectivity index (χ3n) is 10.6. The van der Waals surface area contributed by atoms with E-state index < -0.39 is 47.1 Å². The van der Waals surface area contributed by atoms with Gasteiger partial charge in [0.05, 0.1) is 6.61 Å². The average Bonchev–Trinajstić information content (AvgIpc) is 3.57. The van der Waals surface area contributed by atoms with Crippen LogP contribution in [-0.4, -0.2) is 34.1 Å². The summed E-state index contributed by atoms with van der Waals surface area (Å²) in [7, 11) is 1.36. The van der Waals surface area contributed by atoms with Crippen LogP contribution >= 0.6 is 0 Å². The Morgan fingerprint density at radius 1 is 0.554 bits per heavy atom. The zero-order valence-corrected chi connectivity index (χ0v) is 30.8. The number of hydrogen-bond acceptors (Lipinski definition) is 5. The molecule has 0 radical (unpaired) electrons. The number of rotatable bonds is 12. The van der Waals surface area contributed by atoms with Crippen molar-refractivity contribution in [3.05, 3.63) is 248 Å². The lowest BCUT2D eigenvalue weighted by Gasteiger charge is -2.40. The molecule has 0 bridgehead atoms.